The van der Waals surface area contributed by atoms with Crippen molar-refractivity contribution >= 4 is 0 Å². The summed E-state index contributed by atoms with van der Waals surface area (Å²) in [6, 6.07) is 0.739. The Kier molecular flexibility index (Phi) is 3.91. The maximum Gasteiger partial charge on any atom is 0.0334 e. The van der Waals surface area contributed by atoms with Gasteiger partial charge in [-0.25, -0.2) is 0 Å². The van der Waals surface area contributed by atoms with E-state index in [2.05, 4.69) is 31.0 Å². The lowest BCUT2D eigenvalue weighted by Gasteiger charge is -2.49. The van der Waals surface area contributed by atoms with Gasteiger partial charge in [0.1, 0.15) is 0 Å². The fourth-order valence-corrected chi connectivity index (χ4v) is 3.27. The van der Waals surface area contributed by atoms with E-state index in [-0.39, 0.29) is 0 Å². The summed E-state index contributed by atoms with van der Waals surface area (Å²) >= 11 is 0. The highest BCUT2D eigenvalue weighted by Crippen LogP contribution is 2.44. The first-order chi connectivity index (χ1) is 7.70. The molecule has 1 aliphatic heterocycles. The molecule has 0 aromatic heterocycles. The molecule has 2 heteroatoms. The lowest BCUT2D eigenvalue weighted by Crippen LogP contribution is -2.64. The monoisotopic (exact) mass is 224 g/mol. The SMILES string of the molecule is CCCC1CN(CCC)C(C)(C2CC2)CN1. The highest BCUT2D eigenvalue weighted by atomic mass is 15.3. The average Bonchev–Trinajstić information content (AvgIpc) is 3.08. The number of rotatable bonds is 5. The van der Waals surface area contributed by atoms with Gasteiger partial charge in [-0.15, -0.1) is 0 Å². The van der Waals surface area contributed by atoms with Crippen molar-refractivity contribution in [3.8, 4) is 0 Å². The van der Waals surface area contributed by atoms with E-state index in [9.17, 15) is 0 Å². The fraction of sp³-hybridized carbons (Fsp3) is 1.00. The highest BCUT2D eigenvalue weighted by molar-refractivity contribution is 5.04. The molecule has 94 valence electrons. The van der Waals surface area contributed by atoms with Crippen LogP contribution >= 0.6 is 0 Å². The molecule has 2 unspecified atom stereocenters. The van der Waals surface area contributed by atoms with Crippen LogP contribution in [0.15, 0.2) is 0 Å². The summed E-state index contributed by atoms with van der Waals surface area (Å²) in [6.45, 7) is 10.9. The molecule has 16 heavy (non-hydrogen) atoms. The van der Waals surface area contributed by atoms with Crippen LogP contribution in [0.5, 0.6) is 0 Å². The van der Waals surface area contributed by atoms with Gasteiger partial charge in [0.25, 0.3) is 0 Å². The van der Waals surface area contributed by atoms with Gasteiger partial charge < -0.3 is 5.32 Å². The molecular weight excluding hydrogens is 196 g/mol. The quantitative estimate of drug-likeness (QED) is 0.772. The average molecular weight is 224 g/mol. The van der Waals surface area contributed by atoms with Crippen molar-refractivity contribution in [1.82, 2.24) is 10.2 Å². The smallest absolute Gasteiger partial charge is 0.0334 e. The molecule has 0 aromatic carbocycles. The van der Waals surface area contributed by atoms with Crippen LogP contribution in [0, 0.1) is 5.92 Å². The maximum atomic E-state index is 3.78. The van der Waals surface area contributed by atoms with Gasteiger partial charge in [0.05, 0.1) is 0 Å². The Labute approximate surface area is 101 Å². The molecule has 0 bridgehead atoms. The molecule has 0 spiro atoms. The van der Waals surface area contributed by atoms with Crippen LogP contribution in [0.25, 0.3) is 0 Å². The third-order valence-electron chi connectivity index (χ3n) is 4.50. The summed E-state index contributed by atoms with van der Waals surface area (Å²) in [5.74, 6) is 0.967. The van der Waals surface area contributed by atoms with Crippen LogP contribution < -0.4 is 5.32 Å². The predicted octanol–water partition coefficient (Wildman–Crippen LogP) is 2.64. The molecule has 2 fully saturated rings. The zero-order valence-corrected chi connectivity index (χ0v) is 11.3. The molecule has 2 aliphatic rings. The normalized spacial score (nSPS) is 36.6. The van der Waals surface area contributed by atoms with Gasteiger partial charge in [-0.1, -0.05) is 20.3 Å². The number of hydrogen-bond acceptors (Lipinski definition) is 2. The molecular formula is C14H28N2. The van der Waals surface area contributed by atoms with Crippen molar-refractivity contribution in [3.63, 3.8) is 0 Å². The van der Waals surface area contributed by atoms with Crippen LogP contribution in [0.3, 0.4) is 0 Å². The first kappa shape index (κ1) is 12.4. The first-order valence-corrected chi connectivity index (χ1v) is 7.19. The zero-order valence-electron chi connectivity index (χ0n) is 11.3. The molecule has 1 heterocycles. The molecule has 2 rings (SSSR count). The van der Waals surface area contributed by atoms with E-state index in [1.807, 2.05) is 0 Å². The Hall–Kier alpha value is -0.0800. The van der Waals surface area contributed by atoms with Crippen molar-refractivity contribution in [2.45, 2.75) is 64.5 Å². The molecule has 1 saturated heterocycles. The second-order valence-electron chi connectivity index (χ2n) is 5.94. The maximum absolute atomic E-state index is 3.78. The summed E-state index contributed by atoms with van der Waals surface area (Å²) in [4.78, 5) is 2.78. The topological polar surface area (TPSA) is 15.3 Å². The van der Waals surface area contributed by atoms with Crippen LogP contribution in [-0.4, -0.2) is 36.1 Å². The standard InChI is InChI=1S/C14H28N2/c1-4-6-13-10-16(9-5-2)14(3,11-15-13)12-7-8-12/h12-13,15H,4-11H2,1-3H3. The van der Waals surface area contributed by atoms with Gasteiger partial charge >= 0.3 is 0 Å². The summed E-state index contributed by atoms with van der Waals surface area (Å²) in [5, 5.41) is 3.78. The Balaban J connectivity index is 1.98. The lowest BCUT2D eigenvalue weighted by molar-refractivity contribution is 0.0332. The molecule has 2 nitrogen and oxygen atoms in total. The number of piperazine rings is 1. The second kappa shape index (κ2) is 5.05. The van der Waals surface area contributed by atoms with Gasteiger partial charge in [0.2, 0.25) is 0 Å². The zero-order chi connectivity index (χ0) is 11.6. The largest absolute Gasteiger partial charge is 0.311 e. The molecule has 0 aromatic rings. The van der Waals surface area contributed by atoms with E-state index in [1.165, 1.54) is 51.7 Å². The highest BCUT2D eigenvalue weighted by Gasteiger charge is 2.47. The van der Waals surface area contributed by atoms with Gasteiger partial charge in [-0.05, 0) is 45.1 Å². The first-order valence-electron chi connectivity index (χ1n) is 7.19. The van der Waals surface area contributed by atoms with E-state index < -0.39 is 0 Å². The second-order valence-corrected chi connectivity index (χ2v) is 5.94. The Morgan fingerprint density at radius 1 is 1.25 bits per heavy atom. The van der Waals surface area contributed by atoms with E-state index in [0.717, 1.165) is 12.0 Å². The number of nitrogens with one attached hydrogen (secondary N) is 1. The van der Waals surface area contributed by atoms with Gasteiger partial charge in [-0.3, -0.25) is 4.90 Å². The van der Waals surface area contributed by atoms with Gasteiger partial charge in [0, 0.05) is 24.7 Å². The lowest BCUT2D eigenvalue weighted by atomic mass is 9.88. The van der Waals surface area contributed by atoms with Crippen LogP contribution in [0.2, 0.25) is 0 Å². The van der Waals surface area contributed by atoms with Gasteiger partial charge in [0.15, 0.2) is 0 Å². The summed E-state index contributed by atoms with van der Waals surface area (Å²) in [7, 11) is 0. The van der Waals surface area contributed by atoms with Crippen LogP contribution in [0.1, 0.15) is 52.9 Å². The molecule has 2 atom stereocenters. The number of nitrogens with zero attached hydrogens (tertiary/aromatic N) is 1. The van der Waals surface area contributed by atoms with E-state index in [1.54, 1.807) is 0 Å². The van der Waals surface area contributed by atoms with E-state index >= 15 is 0 Å². The Morgan fingerprint density at radius 3 is 2.56 bits per heavy atom. The van der Waals surface area contributed by atoms with E-state index in [4.69, 9.17) is 0 Å². The summed E-state index contributed by atoms with van der Waals surface area (Å²) < 4.78 is 0. The number of hydrogen-bond donors (Lipinski definition) is 1. The fourth-order valence-electron chi connectivity index (χ4n) is 3.27. The van der Waals surface area contributed by atoms with Crippen molar-refractivity contribution in [2.75, 3.05) is 19.6 Å². The summed E-state index contributed by atoms with van der Waals surface area (Å²) in [5.41, 5.74) is 0.459. The third-order valence-corrected chi connectivity index (χ3v) is 4.50. The third kappa shape index (κ3) is 2.43. The minimum absolute atomic E-state index is 0.459. The van der Waals surface area contributed by atoms with Crippen molar-refractivity contribution in [1.29, 1.82) is 0 Å². The van der Waals surface area contributed by atoms with Crippen molar-refractivity contribution in [2.24, 2.45) is 5.92 Å². The molecule has 0 radical (unpaired) electrons. The van der Waals surface area contributed by atoms with Crippen LogP contribution in [0.4, 0.5) is 0 Å². The predicted molar refractivity (Wildman–Crippen MR) is 69.7 cm³/mol. The Bertz CT molecular complexity index is 225. The minimum atomic E-state index is 0.459. The molecule has 1 N–H and O–H groups in total. The van der Waals surface area contributed by atoms with Gasteiger partial charge in [-0.2, -0.15) is 0 Å². The van der Waals surface area contributed by atoms with Crippen LogP contribution in [-0.2, 0) is 0 Å². The molecule has 1 saturated carbocycles. The summed E-state index contributed by atoms with van der Waals surface area (Å²) in [6.07, 6.45) is 6.84. The molecule has 1 aliphatic carbocycles. The van der Waals surface area contributed by atoms with E-state index in [0.29, 0.717) is 5.54 Å². The van der Waals surface area contributed by atoms with Crippen molar-refractivity contribution in [3.05, 3.63) is 0 Å². The minimum Gasteiger partial charge on any atom is -0.311 e. The van der Waals surface area contributed by atoms with Crippen molar-refractivity contribution < 1.29 is 0 Å². The Morgan fingerprint density at radius 2 is 2.00 bits per heavy atom. The molecule has 0 amide bonds.